The van der Waals surface area contributed by atoms with Crippen LogP contribution in [0.4, 0.5) is 5.69 Å². The first-order valence-electron chi connectivity index (χ1n) is 7.14. The van der Waals surface area contributed by atoms with E-state index in [0.717, 1.165) is 25.9 Å². The van der Waals surface area contributed by atoms with Gasteiger partial charge in [0.15, 0.2) is 0 Å². The van der Waals surface area contributed by atoms with Crippen LogP contribution in [0, 0.1) is 5.92 Å². The van der Waals surface area contributed by atoms with Gasteiger partial charge in [-0.1, -0.05) is 0 Å². The number of amides is 3. The molecule has 2 aliphatic rings. The van der Waals surface area contributed by atoms with Gasteiger partial charge in [0.25, 0.3) is 11.8 Å². The standard InChI is InChI=1S/C15H17N3O3/c19-13(4-1-9-5-6-16-8-9)17-10-2-3-11-12(7-10)15(21)18-14(11)20/h2-3,7,9,16H,1,4-6,8H2,(H,17,19)(H,18,20,21). The average Bonchev–Trinajstić information content (AvgIpc) is 3.06. The molecule has 0 aromatic heterocycles. The highest BCUT2D eigenvalue weighted by Crippen LogP contribution is 2.21. The summed E-state index contributed by atoms with van der Waals surface area (Å²) >= 11 is 0. The molecule has 6 nitrogen and oxygen atoms in total. The number of nitrogens with one attached hydrogen (secondary N) is 3. The Kier molecular flexibility index (Phi) is 3.70. The molecular formula is C15H17N3O3. The number of fused-ring (bicyclic) bond motifs is 1. The second-order valence-electron chi connectivity index (χ2n) is 5.49. The van der Waals surface area contributed by atoms with Gasteiger partial charge in [-0.15, -0.1) is 0 Å². The summed E-state index contributed by atoms with van der Waals surface area (Å²) in [7, 11) is 0. The quantitative estimate of drug-likeness (QED) is 0.718. The van der Waals surface area contributed by atoms with Gasteiger partial charge in [0, 0.05) is 12.1 Å². The van der Waals surface area contributed by atoms with Crippen LogP contribution in [-0.2, 0) is 4.79 Å². The van der Waals surface area contributed by atoms with Crippen LogP contribution in [0.2, 0.25) is 0 Å². The number of imide groups is 1. The maximum absolute atomic E-state index is 11.9. The SMILES string of the molecule is O=C(CCC1CCNC1)Nc1ccc2c(c1)C(=O)NC2=O. The summed E-state index contributed by atoms with van der Waals surface area (Å²) in [4.78, 5) is 34.9. The summed E-state index contributed by atoms with van der Waals surface area (Å²) in [6.45, 7) is 2.01. The summed E-state index contributed by atoms with van der Waals surface area (Å²) in [6, 6.07) is 4.75. The molecule has 1 fully saturated rings. The summed E-state index contributed by atoms with van der Waals surface area (Å²) < 4.78 is 0. The zero-order valence-corrected chi connectivity index (χ0v) is 11.6. The number of anilines is 1. The van der Waals surface area contributed by atoms with Gasteiger partial charge >= 0.3 is 0 Å². The monoisotopic (exact) mass is 287 g/mol. The molecule has 1 saturated heterocycles. The fraction of sp³-hybridized carbons (Fsp3) is 0.400. The number of rotatable bonds is 4. The molecule has 1 unspecified atom stereocenters. The second-order valence-corrected chi connectivity index (χ2v) is 5.49. The van der Waals surface area contributed by atoms with Crippen LogP contribution in [0.3, 0.4) is 0 Å². The Morgan fingerprint density at radius 3 is 2.81 bits per heavy atom. The van der Waals surface area contributed by atoms with Gasteiger partial charge in [0.05, 0.1) is 11.1 Å². The van der Waals surface area contributed by atoms with E-state index in [0.29, 0.717) is 29.2 Å². The molecule has 0 radical (unpaired) electrons. The van der Waals surface area contributed by atoms with Crippen molar-refractivity contribution in [1.82, 2.24) is 10.6 Å². The smallest absolute Gasteiger partial charge is 0.259 e. The van der Waals surface area contributed by atoms with Crippen molar-refractivity contribution in [1.29, 1.82) is 0 Å². The largest absolute Gasteiger partial charge is 0.326 e. The maximum atomic E-state index is 11.9. The molecule has 3 rings (SSSR count). The first-order chi connectivity index (χ1) is 10.1. The fourth-order valence-electron chi connectivity index (χ4n) is 2.77. The minimum absolute atomic E-state index is 0.0634. The number of carbonyl (C=O) groups excluding carboxylic acids is 3. The van der Waals surface area contributed by atoms with Gasteiger partial charge in [0.2, 0.25) is 5.91 Å². The third-order valence-corrected chi connectivity index (χ3v) is 3.96. The molecule has 1 aromatic rings. The Hall–Kier alpha value is -2.21. The topological polar surface area (TPSA) is 87.3 Å². The predicted octanol–water partition coefficient (Wildman–Crippen LogP) is 0.898. The van der Waals surface area contributed by atoms with E-state index in [-0.39, 0.29) is 11.8 Å². The van der Waals surface area contributed by atoms with Crippen molar-refractivity contribution in [2.75, 3.05) is 18.4 Å². The van der Waals surface area contributed by atoms with Crippen molar-refractivity contribution in [3.05, 3.63) is 29.3 Å². The Labute approximate surface area is 122 Å². The predicted molar refractivity (Wildman–Crippen MR) is 77.1 cm³/mol. The van der Waals surface area contributed by atoms with Gasteiger partial charge in [-0.2, -0.15) is 0 Å². The molecule has 0 spiro atoms. The highest BCUT2D eigenvalue weighted by Gasteiger charge is 2.26. The van der Waals surface area contributed by atoms with Crippen LogP contribution in [0.5, 0.6) is 0 Å². The summed E-state index contributed by atoms with van der Waals surface area (Å²) in [5, 5.41) is 8.28. The highest BCUT2D eigenvalue weighted by atomic mass is 16.2. The van der Waals surface area contributed by atoms with Crippen LogP contribution in [0.15, 0.2) is 18.2 Å². The van der Waals surface area contributed by atoms with Crippen LogP contribution in [-0.4, -0.2) is 30.8 Å². The Bertz CT molecular complexity index is 606. The van der Waals surface area contributed by atoms with Gasteiger partial charge in [-0.3, -0.25) is 19.7 Å². The summed E-state index contributed by atoms with van der Waals surface area (Å²) in [5.74, 6) is -0.296. The van der Waals surface area contributed by atoms with E-state index in [1.165, 1.54) is 0 Å². The van der Waals surface area contributed by atoms with E-state index >= 15 is 0 Å². The second kappa shape index (κ2) is 5.65. The molecule has 6 heteroatoms. The lowest BCUT2D eigenvalue weighted by Crippen LogP contribution is -2.19. The van der Waals surface area contributed by atoms with E-state index in [2.05, 4.69) is 16.0 Å². The van der Waals surface area contributed by atoms with Crippen molar-refractivity contribution >= 4 is 23.4 Å². The van der Waals surface area contributed by atoms with Crippen LogP contribution >= 0.6 is 0 Å². The first-order valence-corrected chi connectivity index (χ1v) is 7.14. The van der Waals surface area contributed by atoms with Crippen molar-refractivity contribution in [2.24, 2.45) is 5.92 Å². The fourth-order valence-corrected chi connectivity index (χ4v) is 2.77. The molecule has 3 amide bonds. The molecule has 0 aliphatic carbocycles. The molecule has 0 bridgehead atoms. The lowest BCUT2D eigenvalue weighted by atomic mass is 10.0. The minimum Gasteiger partial charge on any atom is -0.326 e. The summed E-state index contributed by atoms with van der Waals surface area (Å²) in [6.07, 6.45) is 2.45. The molecule has 2 aliphatic heterocycles. The van der Waals surface area contributed by atoms with E-state index in [1.54, 1.807) is 18.2 Å². The molecule has 1 aromatic carbocycles. The zero-order valence-electron chi connectivity index (χ0n) is 11.6. The van der Waals surface area contributed by atoms with Crippen LogP contribution < -0.4 is 16.0 Å². The van der Waals surface area contributed by atoms with E-state index < -0.39 is 5.91 Å². The lowest BCUT2D eigenvalue weighted by molar-refractivity contribution is -0.116. The van der Waals surface area contributed by atoms with Crippen molar-refractivity contribution in [2.45, 2.75) is 19.3 Å². The van der Waals surface area contributed by atoms with E-state index in [4.69, 9.17) is 0 Å². The third-order valence-electron chi connectivity index (χ3n) is 3.96. The van der Waals surface area contributed by atoms with E-state index in [9.17, 15) is 14.4 Å². The molecule has 110 valence electrons. The van der Waals surface area contributed by atoms with Gasteiger partial charge in [-0.05, 0) is 50.0 Å². The Balaban J connectivity index is 1.60. The van der Waals surface area contributed by atoms with Gasteiger partial charge in [-0.25, -0.2) is 0 Å². The molecule has 1 atom stereocenters. The molecule has 3 N–H and O–H groups in total. The molecule has 21 heavy (non-hydrogen) atoms. The maximum Gasteiger partial charge on any atom is 0.259 e. The molecule has 0 saturated carbocycles. The number of hydrogen-bond donors (Lipinski definition) is 3. The van der Waals surface area contributed by atoms with Crippen LogP contribution in [0.1, 0.15) is 40.0 Å². The van der Waals surface area contributed by atoms with Gasteiger partial charge in [0.1, 0.15) is 0 Å². The van der Waals surface area contributed by atoms with Crippen LogP contribution in [0.25, 0.3) is 0 Å². The average molecular weight is 287 g/mol. The summed E-state index contributed by atoms with van der Waals surface area (Å²) in [5.41, 5.74) is 1.22. The number of hydrogen-bond acceptors (Lipinski definition) is 4. The van der Waals surface area contributed by atoms with Crippen molar-refractivity contribution < 1.29 is 14.4 Å². The molecule has 2 heterocycles. The zero-order chi connectivity index (χ0) is 14.8. The number of carbonyl (C=O) groups is 3. The van der Waals surface area contributed by atoms with Crippen molar-refractivity contribution in [3.63, 3.8) is 0 Å². The lowest BCUT2D eigenvalue weighted by Gasteiger charge is -2.09. The van der Waals surface area contributed by atoms with E-state index in [1.807, 2.05) is 0 Å². The normalized spacial score (nSPS) is 20.3. The minimum atomic E-state index is -0.414. The Morgan fingerprint density at radius 2 is 2.05 bits per heavy atom. The molecular weight excluding hydrogens is 270 g/mol. The highest BCUT2D eigenvalue weighted by molar-refractivity contribution is 6.22. The number of benzene rings is 1. The third kappa shape index (κ3) is 2.95. The Morgan fingerprint density at radius 1 is 1.24 bits per heavy atom. The first kappa shape index (κ1) is 13.8. The van der Waals surface area contributed by atoms with Crippen molar-refractivity contribution in [3.8, 4) is 0 Å². The van der Waals surface area contributed by atoms with Gasteiger partial charge < -0.3 is 10.6 Å².